The zero-order valence-electron chi connectivity index (χ0n) is 12.7. The zero-order chi connectivity index (χ0) is 15.4. The molecular weight excluding hydrogens is 282 g/mol. The highest BCUT2D eigenvalue weighted by atomic mass is 16.5. The molecule has 1 N–H and O–H groups in total. The fourth-order valence-corrected chi connectivity index (χ4v) is 3.17. The number of hydrogen-bond acceptors (Lipinski definition) is 5. The van der Waals surface area contributed by atoms with Crippen molar-refractivity contribution in [3.8, 4) is 0 Å². The van der Waals surface area contributed by atoms with E-state index >= 15 is 0 Å². The maximum Gasteiger partial charge on any atom is 0.252 e. The number of carbonyl (C=O) groups excluding carboxylic acids is 1. The van der Waals surface area contributed by atoms with E-state index in [2.05, 4.69) is 20.4 Å². The Hall–Kier alpha value is -2.02. The summed E-state index contributed by atoms with van der Waals surface area (Å²) in [4.78, 5) is 19.8. The predicted molar refractivity (Wildman–Crippen MR) is 80.4 cm³/mol. The third kappa shape index (κ3) is 3.24. The first-order valence-corrected chi connectivity index (χ1v) is 7.68. The summed E-state index contributed by atoms with van der Waals surface area (Å²) in [5.74, 6) is 1.65. The average molecular weight is 303 g/mol. The zero-order valence-corrected chi connectivity index (χ0v) is 12.7. The summed E-state index contributed by atoms with van der Waals surface area (Å²) in [6, 6.07) is 2.03. The number of methoxy groups -OCH3 is 1. The minimum Gasteiger partial charge on any atom is -0.375 e. The Balaban J connectivity index is 1.56. The van der Waals surface area contributed by atoms with E-state index in [0.717, 1.165) is 32.2 Å². The number of carbonyl (C=O) groups is 1. The molecule has 2 heterocycles. The molecule has 1 aliphatic rings. The molecule has 7 nitrogen and oxygen atoms in total. The van der Waals surface area contributed by atoms with Crippen LogP contribution in [-0.2, 0) is 9.53 Å². The lowest BCUT2D eigenvalue weighted by atomic mass is 9.80. The van der Waals surface area contributed by atoms with Gasteiger partial charge in [-0.3, -0.25) is 4.79 Å². The van der Waals surface area contributed by atoms with Crippen LogP contribution in [0, 0.1) is 5.92 Å². The molecule has 0 saturated heterocycles. The van der Waals surface area contributed by atoms with Crippen molar-refractivity contribution in [1.82, 2.24) is 24.9 Å². The van der Waals surface area contributed by atoms with E-state index in [4.69, 9.17) is 4.74 Å². The standard InChI is InChI=1S/C15H21N5O2/c1-22-9-14(21)17-8-11-2-4-12(5-3-11)13-6-7-16-15-18-10-19-20(13)15/h6-7,10-12H,2-5,8-9H2,1H3,(H,17,21). The van der Waals surface area contributed by atoms with Gasteiger partial charge in [0.05, 0.1) is 5.69 Å². The number of nitrogens with zero attached hydrogens (tertiary/aromatic N) is 4. The van der Waals surface area contributed by atoms with Crippen molar-refractivity contribution in [1.29, 1.82) is 0 Å². The van der Waals surface area contributed by atoms with Crippen LogP contribution >= 0.6 is 0 Å². The highest BCUT2D eigenvalue weighted by Gasteiger charge is 2.24. The van der Waals surface area contributed by atoms with Crippen LogP contribution in [0.3, 0.4) is 0 Å². The number of amides is 1. The number of fused-ring (bicyclic) bond motifs is 1. The summed E-state index contributed by atoms with van der Waals surface area (Å²) < 4.78 is 6.66. The van der Waals surface area contributed by atoms with Crippen LogP contribution < -0.4 is 5.32 Å². The Kier molecular flexibility index (Phi) is 4.62. The van der Waals surface area contributed by atoms with Crippen molar-refractivity contribution in [3.05, 3.63) is 24.3 Å². The molecule has 1 aliphatic carbocycles. The van der Waals surface area contributed by atoms with E-state index in [0.29, 0.717) is 17.6 Å². The highest BCUT2D eigenvalue weighted by Crippen LogP contribution is 2.35. The summed E-state index contributed by atoms with van der Waals surface area (Å²) in [5, 5.41) is 7.20. The molecule has 7 heteroatoms. The van der Waals surface area contributed by atoms with Crippen molar-refractivity contribution in [2.24, 2.45) is 5.92 Å². The van der Waals surface area contributed by atoms with Gasteiger partial charge in [0.2, 0.25) is 5.91 Å². The maximum absolute atomic E-state index is 11.4. The molecular formula is C15H21N5O2. The van der Waals surface area contributed by atoms with Crippen molar-refractivity contribution in [3.63, 3.8) is 0 Å². The Bertz CT molecular complexity index is 634. The SMILES string of the molecule is COCC(=O)NCC1CCC(c2ccnc3ncnn23)CC1. The Labute approximate surface area is 129 Å². The molecule has 0 atom stereocenters. The Morgan fingerprint density at radius 2 is 2.18 bits per heavy atom. The lowest BCUT2D eigenvalue weighted by Gasteiger charge is -2.28. The number of rotatable bonds is 5. The Morgan fingerprint density at radius 1 is 1.36 bits per heavy atom. The first-order chi connectivity index (χ1) is 10.8. The van der Waals surface area contributed by atoms with E-state index < -0.39 is 0 Å². The van der Waals surface area contributed by atoms with Gasteiger partial charge < -0.3 is 10.1 Å². The van der Waals surface area contributed by atoms with Crippen LogP contribution in [0.4, 0.5) is 0 Å². The Morgan fingerprint density at radius 3 is 2.95 bits per heavy atom. The molecule has 1 saturated carbocycles. The van der Waals surface area contributed by atoms with E-state index in [1.54, 1.807) is 12.5 Å². The van der Waals surface area contributed by atoms with Crippen molar-refractivity contribution >= 4 is 11.7 Å². The molecule has 0 spiro atoms. The molecule has 3 rings (SSSR count). The molecule has 0 unspecified atom stereocenters. The number of ether oxygens (including phenoxy) is 1. The predicted octanol–water partition coefficient (Wildman–Crippen LogP) is 1.16. The topological polar surface area (TPSA) is 81.4 Å². The van der Waals surface area contributed by atoms with Gasteiger partial charge in [0.25, 0.3) is 5.78 Å². The van der Waals surface area contributed by atoms with Gasteiger partial charge in [0.15, 0.2) is 0 Å². The molecule has 1 amide bonds. The summed E-state index contributed by atoms with van der Waals surface area (Å²) in [6.07, 6.45) is 7.76. The van der Waals surface area contributed by atoms with Gasteiger partial charge in [-0.25, -0.2) is 9.50 Å². The fraction of sp³-hybridized carbons (Fsp3) is 0.600. The van der Waals surface area contributed by atoms with Crippen LogP contribution in [-0.4, -0.2) is 45.8 Å². The number of aromatic nitrogens is 4. The van der Waals surface area contributed by atoms with Crippen LogP contribution in [0.5, 0.6) is 0 Å². The third-order valence-electron chi connectivity index (χ3n) is 4.34. The molecule has 118 valence electrons. The summed E-state index contributed by atoms with van der Waals surface area (Å²) in [6.45, 7) is 0.876. The van der Waals surface area contributed by atoms with Gasteiger partial charge in [-0.15, -0.1) is 0 Å². The van der Waals surface area contributed by atoms with Gasteiger partial charge in [0, 0.05) is 25.8 Å². The smallest absolute Gasteiger partial charge is 0.252 e. The maximum atomic E-state index is 11.4. The van der Waals surface area contributed by atoms with Gasteiger partial charge in [0.1, 0.15) is 12.9 Å². The summed E-state index contributed by atoms with van der Waals surface area (Å²) in [7, 11) is 1.53. The molecule has 1 fully saturated rings. The molecule has 2 aromatic rings. The second kappa shape index (κ2) is 6.83. The quantitative estimate of drug-likeness (QED) is 0.896. The molecule has 0 radical (unpaired) electrons. The second-order valence-corrected chi connectivity index (χ2v) is 5.80. The second-order valence-electron chi connectivity index (χ2n) is 5.80. The summed E-state index contributed by atoms with van der Waals surface area (Å²) in [5.41, 5.74) is 1.18. The minimum absolute atomic E-state index is 0.0388. The normalized spacial score (nSPS) is 21.9. The van der Waals surface area contributed by atoms with Gasteiger partial charge in [-0.1, -0.05) is 0 Å². The van der Waals surface area contributed by atoms with E-state index in [9.17, 15) is 4.79 Å². The van der Waals surface area contributed by atoms with Crippen molar-refractivity contribution < 1.29 is 9.53 Å². The van der Waals surface area contributed by atoms with Gasteiger partial charge in [-0.05, 0) is 37.7 Å². The number of nitrogens with one attached hydrogen (secondary N) is 1. The van der Waals surface area contributed by atoms with Crippen LogP contribution in [0.25, 0.3) is 5.78 Å². The van der Waals surface area contributed by atoms with E-state index in [1.165, 1.54) is 12.8 Å². The minimum atomic E-state index is -0.0388. The van der Waals surface area contributed by atoms with Gasteiger partial charge >= 0.3 is 0 Å². The molecule has 22 heavy (non-hydrogen) atoms. The third-order valence-corrected chi connectivity index (χ3v) is 4.34. The van der Waals surface area contributed by atoms with Crippen LogP contribution in [0.15, 0.2) is 18.6 Å². The van der Waals surface area contributed by atoms with E-state index in [-0.39, 0.29) is 12.5 Å². The van der Waals surface area contributed by atoms with Crippen LogP contribution in [0.2, 0.25) is 0 Å². The molecule has 0 bridgehead atoms. The molecule has 0 aliphatic heterocycles. The fourth-order valence-electron chi connectivity index (χ4n) is 3.17. The van der Waals surface area contributed by atoms with E-state index in [1.807, 2.05) is 10.6 Å². The first kappa shape index (κ1) is 14.9. The van der Waals surface area contributed by atoms with Crippen molar-refractivity contribution in [2.75, 3.05) is 20.3 Å². The van der Waals surface area contributed by atoms with Gasteiger partial charge in [-0.2, -0.15) is 10.1 Å². The largest absolute Gasteiger partial charge is 0.375 e. The molecule has 0 aromatic carbocycles. The monoisotopic (exact) mass is 303 g/mol. The lowest BCUT2D eigenvalue weighted by Crippen LogP contribution is -2.33. The first-order valence-electron chi connectivity index (χ1n) is 7.68. The number of hydrogen-bond donors (Lipinski definition) is 1. The lowest BCUT2D eigenvalue weighted by molar-refractivity contribution is -0.124. The molecule has 2 aromatic heterocycles. The summed E-state index contributed by atoms with van der Waals surface area (Å²) >= 11 is 0. The van der Waals surface area contributed by atoms with Crippen molar-refractivity contribution in [2.45, 2.75) is 31.6 Å². The average Bonchev–Trinajstić information content (AvgIpc) is 3.02. The van der Waals surface area contributed by atoms with Crippen LogP contribution in [0.1, 0.15) is 37.3 Å². The highest BCUT2D eigenvalue weighted by molar-refractivity contribution is 5.77.